The number of fused-ring (bicyclic) bond motifs is 1. The summed E-state index contributed by atoms with van der Waals surface area (Å²) in [5, 5.41) is 14.6. The second kappa shape index (κ2) is 6.91. The number of aromatic nitrogens is 1. The van der Waals surface area contributed by atoms with E-state index in [2.05, 4.69) is 22.1 Å². The van der Waals surface area contributed by atoms with Crippen molar-refractivity contribution in [3.63, 3.8) is 0 Å². The first-order valence-corrected chi connectivity index (χ1v) is 8.56. The molecule has 2 atom stereocenters. The predicted molar refractivity (Wildman–Crippen MR) is 89.8 cm³/mol. The molecule has 6 heteroatoms. The van der Waals surface area contributed by atoms with Crippen LogP contribution >= 0.6 is 11.3 Å². The molecule has 0 radical (unpaired) electrons. The smallest absolute Gasteiger partial charge is 0.121 e. The highest BCUT2D eigenvalue weighted by molar-refractivity contribution is 7.18. The first-order chi connectivity index (χ1) is 10.6. The van der Waals surface area contributed by atoms with Gasteiger partial charge < -0.3 is 15.2 Å². The van der Waals surface area contributed by atoms with E-state index < -0.39 is 6.10 Å². The second-order valence-electron chi connectivity index (χ2n) is 5.88. The maximum absolute atomic E-state index is 10.2. The van der Waals surface area contributed by atoms with Gasteiger partial charge in [0.05, 0.1) is 15.2 Å². The Hall–Kier alpha value is -1.21. The molecule has 2 heterocycles. The number of hydrogen-bond donors (Lipinski definition) is 2. The second-order valence-corrected chi connectivity index (χ2v) is 7.11. The quantitative estimate of drug-likeness (QED) is 0.877. The van der Waals surface area contributed by atoms with E-state index in [0.29, 0.717) is 19.2 Å². The van der Waals surface area contributed by atoms with Gasteiger partial charge in [0, 0.05) is 38.3 Å². The van der Waals surface area contributed by atoms with Gasteiger partial charge in [0.25, 0.3) is 0 Å². The summed E-state index contributed by atoms with van der Waals surface area (Å²) in [6.07, 6.45) is -0.478. The van der Waals surface area contributed by atoms with Crippen LogP contribution in [0.15, 0.2) is 18.2 Å². The number of aryl methyl sites for hydroxylation is 1. The van der Waals surface area contributed by atoms with Crippen molar-refractivity contribution in [1.82, 2.24) is 15.2 Å². The van der Waals surface area contributed by atoms with E-state index in [1.807, 2.05) is 25.1 Å². The van der Waals surface area contributed by atoms with Crippen LogP contribution in [0.1, 0.15) is 11.9 Å². The van der Waals surface area contributed by atoms with Gasteiger partial charge >= 0.3 is 0 Å². The number of benzene rings is 1. The molecule has 0 bridgehead atoms. The largest absolute Gasteiger partial charge is 0.491 e. The number of nitrogens with zero attached hydrogens (tertiary/aromatic N) is 2. The summed E-state index contributed by atoms with van der Waals surface area (Å²) in [6, 6.07) is 6.37. The molecule has 1 aromatic carbocycles. The van der Waals surface area contributed by atoms with E-state index in [1.54, 1.807) is 11.3 Å². The fourth-order valence-corrected chi connectivity index (χ4v) is 3.59. The molecular formula is C16H23N3O2S. The van der Waals surface area contributed by atoms with Crippen molar-refractivity contribution in [3.8, 4) is 5.75 Å². The average Bonchev–Trinajstić information content (AvgIpc) is 2.87. The molecule has 1 aliphatic rings. The van der Waals surface area contributed by atoms with Gasteiger partial charge in [-0.25, -0.2) is 4.98 Å². The summed E-state index contributed by atoms with van der Waals surface area (Å²) < 4.78 is 6.90. The molecule has 2 N–H and O–H groups in total. The Morgan fingerprint density at radius 2 is 2.41 bits per heavy atom. The SMILES string of the molecule is Cc1nc2cc(OCC(O)CN3CCNCC3C)ccc2s1. The van der Waals surface area contributed by atoms with E-state index in [-0.39, 0.29) is 0 Å². The Bertz CT molecular complexity index is 631. The first kappa shape index (κ1) is 15.7. The zero-order chi connectivity index (χ0) is 15.5. The lowest BCUT2D eigenvalue weighted by Gasteiger charge is -2.35. The summed E-state index contributed by atoms with van der Waals surface area (Å²) >= 11 is 1.68. The van der Waals surface area contributed by atoms with Crippen LogP contribution < -0.4 is 10.1 Å². The van der Waals surface area contributed by atoms with E-state index in [9.17, 15) is 5.11 Å². The molecule has 0 amide bonds. The highest BCUT2D eigenvalue weighted by atomic mass is 32.1. The fourth-order valence-electron chi connectivity index (χ4n) is 2.78. The van der Waals surface area contributed by atoms with Crippen LogP contribution in [0.5, 0.6) is 5.75 Å². The lowest BCUT2D eigenvalue weighted by atomic mass is 10.2. The number of hydrogen-bond acceptors (Lipinski definition) is 6. The summed E-state index contributed by atoms with van der Waals surface area (Å²) in [7, 11) is 0. The van der Waals surface area contributed by atoms with Crippen LogP contribution in [-0.4, -0.2) is 59.9 Å². The molecular weight excluding hydrogens is 298 g/mol. The van der Waals surface area contributed by atoms with Gasteiger partial charge in [0.1, 0.15) is 18.5 Å². The molecule has 120 valence electrons. The molecule has 1 aromatic heterocycles. The van der Waals surface area contributed by atoms with Gasteiger partial charge in [-0.3, -0.25) is 4.90 Å². The van der Waals surface area contributed by atoms with Crippen molar-refractivity contribution in [2.24, 2.45) is 0 Å². The minimum atomic E-state index is -0.478. The van der Waals surface area contributed by atoms with Crippen molar-refractivity contribution in [2.75, 3.05) is 32.8 Å². The van der Waals surface area contributed by atoms with Gasteiger partial charge in [0.2, 0.25) is 0 Å². The van der Waals surface area contributed by atoms with Crippen LogP contribution in [0.25, 0.3) is 10.2 Å². The minimum Gasteiger partial charge on any atom is -0.491 e. The molecule has 0 aliphatic carbocycles. The number of nitrogens with one attached hydrogen (secondary N) is 1. The predicted octanol–water partition coefficient (Wildman–Crippen LogP) is 1.64. The topological polar surface area (TPSA) is 57.6 Å². The molecule has 0 spiro atoms. The molecule has 1 fully saturated rings. The number of β-amino-alcohol motifs (C(OH)–C–C–N with tert-alkyl or cyclic N) is 1. The van der Waals surface area contributed by atoms with Crippen LogP contribution in [0.2, 0.25) is 0 Å². The number of piperazine rings is 1. The molecule has 1 saturated heterocycles. The summed E-state index contributed by atoms with van der Waals surface area (Å²) in [4.78, 5) is 6.77. The molecule has 2 aromatic rings. The molecule has 2 unspecified atom stereocenters. The number of rotatable bonds is 5. The number of ether oxygens (including phenoxy) is 1. The third-order valence-electron chi connectivity index (χ3n) is 3.99. The molecule has 0 saturated carbocycles. The zero-order valence-corrected chi connectivity index (χ0v) is 13.9. The Morgan fingerprint density at radius 3 is 3.23 bits per heavy atom. The van der Waals surface area contributed by atoms with Crippen molar-refractivity contribution < 1.29 is 9.84 Å². The first-order valence-electron chi connectivity index (χ1n) is 7.74. The third-order valence-corrected chi connectivity index (χ3v) is 4.94. The Kier molecular flexibility index (Phi) is 4.93. The molecule has 3 rings (SSSR count). The standard InChI is InChI=1S/C16H23N3O2S/c1-11-8-17-5-6-19(11)9-13(20)10-21-14-3-4-16-15(7-14)18-12(2)22-16/h3-4,7,11,13,17,20H,5-6,8-10H2,1-2H3. The lowest BCUT2D eigenvalue weighted by Crippen LogP contribution is -2.52. The Balaban J connectivity index is 1.53. The summed E-state index contributed by atoms with van der Waals surface area (Å²) in [5.41, 5.74) is 0.963. The van der Waals surface area contributed by atoms with Crippen LogP contribution in [0.4, 0.5) is 0 Å². The maximum atomic E-state index is 10.2. The minimum absolute atomic E-state index is 0.311. The van der Waals surface area contributed by atoms with Gasteiger partial charge in [0.15, 0.2) is 0 Å². The average molecular weight is 321 g/mol. The van der Waals surface area contributed by atoms with Gasteiger partial charge in [-0.1, -0.05) is 0 Å². The fraction of sp³-hybridized carbons (Fsp3) is 0.562. The monoisotopic (exact) mass is 321 g/mol. The van der Waals surface area contributed by atoms with E-state index >= 15 is 0 Å². The van der Waals surface area contributed by atoms with Crippen molar-refractivity contribution in [1.29, 1.82) is 0 Å². The summed E-state index contributed by atoms with van der Waals surface area (Å²) in [6.45, 7) is 8.08. The van der Waals surface area contributed by atoms with Crippen LogP contribution in [0.3, 0.4) is 0 Å². The molecule has 5 nitrogen and oxygen atoms in total. The van der Waals surface area contributed by atoms with E-state index in [0.717, 1.165) is 35.9 Å². The van der Waals surface area contributed by atoms with Crippen LogP contribution in [0, 0.1) is 6.92 Å². The van der Waals surface area contributed by atoms with Crippen molar-refractivity contribution in [2.45, 2.75) is 26.0 Å². The number of thiazole rings is 1. The van der Waals surface area contributed by atoms with E-state index in [4.69, 9.17) is 4.74 Å². The number of aliphatic hydroxyl groups is 1. The highest BCUT2D eigenvalue weighted by Crippen LogP contribution is 2.25. The highest BCUT2D eigenvalue weighted by Gasteiger charge is 2.20. The van der Waals surface area contributed by atoms with Gasteiger partial charge in [-0.05, 0) is 26.0 Å². The molecule has 1 aliphatic heterocycles. The van der Waals surface area contributed by atoms with Crippen molar-refractivity contribution in [3.05, 3.63) is 23.2 Å². The summed E-state index contributed by atoms with van der Waals surface area (Å²) in [5.74, 6) is 0.769. The number of aliphatic hydroxyl groups excluding tert-OH is 1. The van der Waals surface area contributed by atoms with Gasteiger partial charge in [-0.15, -0.1) is 11.3 Å². The molecule has 22 heavy (non-hydrogen) atoms. The van der Waals surface area contributed by atoms with Crippen LogP contribution in [-0.2, 0) is 0 Å². The van der Waals surface area contributed by atoms with Gasteiger partial charge in [-0.2, -0.15) is 0 Å². The zero-order valence-electron chi connectivity index (χ0n) is 13.1. The van der Waals surface area contributed by atoms with E-state index in [1.165, 1.54) is 4.70 Å². The maximum Gasteiger partial charge on any atom is 0.121 e. The normalized spacial score (nSPS) is 21.1. The lowest BCUT2D eigenvalue weighted by molar-refractivity contribution is 0.0478. The Morgan fingerprint density at radius 1 is 1.55 bits per heavy atom. The van der Waals surface area contributed by atoms with Crippen molar-refractivity contribution >= 4 is 21.6 Å². The third kappa shape index (κ3) is 3.76. The Labute approximate surface area is 134 Å².